The van der Waals surface area contributed by atoms with E-state index in [0.29, 0.717) is 0 Å². The van der Waals surface area contributed by atoms with Gasteiger partial charge in [0.25, 0.3) is 0 Å². The number of anilines is 2. The summed E-state index contributed by atoms with van der Waals surface area (Å²) in [5.41, 5.74) is 11.8. The van der Waals surface area contributed by atoms with Crippen LogP contribution in [-0.4, -0.2) is 6.04 Å². The molecule has 0 radical (unpaired) electrons. The van der Waals surface area contributed by atoms with E-state index in [0.717, 1.165) is 50.2 Å². The zero-order chi connectivity index (χ0) is 28.4. The average Bonchev–Trinajstić information content (AvgIpc) is 3.51. The first-order valence-electron chi connectivity index (χ1n) is 14.6. The Morgan fingerprint density at radius 1 is 0.714 bits per heavy atom. The summed E-state index contributed by atoms with van der Waals surface area (Å²) >= 11 is 6.36. The summed E-state index contributed by atoms with van der Waals surface area (Å²) < 4.78 is 6.34. The molecule has 42 heavy (non-hydrogen) atoms. The number of para-hydroxylation sites is 2. The zero-order valence-electron chi connectivity index (χ0n) is 23.6. The molecule has 6 aromatic rings. The van der Waals surface area contributed by atoms with Crippen LogP contribution in [0.15, 0.2) is 137 Å². The highest BCUT2D eigenvalue weighted by Crippen LogP contribution is 2.50. The van der Waals surface area contributed by atoms with E-state index in [4.69, 9.17) is 16.0 Å². The summed E-state index contributed by atoms with van der Waals surface area (Å²) in [6, 6.07) is 39.5. The van der Waals surface area contributed by atoms with Gasteiger partial charge in [-0.15, -0.1) is 0 Å². The van der Waals surface area contributed by atoms with Crippen molar-refractivity contribution in [1.29, 1.82) is 0 Å². The smallest absolute Gasteiger partial charge is 0.143 e. The van der Waals surface area contributed by atoms with Crippen molar-refractivity contribution in [3.63, 3.8) is 0 Å². The number of hydrogen-bond donors (Lipinski definition) is 0. The molecule has 1 heterocycles. The number of rotatable bonds is 4. The molecule has 0 fully saturated rings. The maximum atomic E-state index is 6.36. The van der Waals surface area contributed by atoms with Crippen LogP contribution < -0.4 is 4.90 Å². The first-order chi connectivity index (χ1) is 20.5. The molecule has 8 rings (SSSR count). The van der Waals surface area contributed by atoms with Gasteiger partial charge in [-0.1, -0.05) is 116 Å². The van der Waals surface area contributed by atoms with Crippen molar-refractivity contribution < 1.29 is 4.42 Å². The number of benzene rings is 5. The molecular formula is C39H30ClNO. The Bertz CT molecular complexity index is 2060. The minimum Gasteiger partial charge on any atom is -0.455 e. The number of furan rings is 1. The molecule has 5 aromatic carbocycles. The van der Waals surface area contributed by atoms with Crippen molar-refractivity contribution >= 4 is 44.9 Å². The lowest BCUT2D eigenvalue weighted by Crippen LogP contribution is -2.30. The van der Waals surface area contributed by atoms with Gasteiger partial charge in [0.1, 0.15) is 11.2 Å². The van der Waals surface area contributed by atoms with Gasteiger partial charge in [-0.05, 0) is 70.6 Å². The summed E-state index contributed by atoms with van der Waals surface area (Å²) in [6.07, 6.45) is 7.20. The van der Waals surface area contributed by atoms with Crippen LogP contribution >= 0.6 is 11.6 Å². The van der Waals surface area contributed by atoms with Crippen molar-refractivity contribution in [2.75, 3.05) is 4.90 Å². The SMILES string of the molecule is CC1(C)c2ccccc2-c2ccc(N(c3ccc(-c4cccc5c4oc4ccccc45)cc3)C3C=CC(Cl)=CC3)cc21. The van der Waals surface area contributed by atoms with Crippen LogP contribution in [0.4, 0.5) is 11.4 Å². The third kappa shape index (κ3) is 3.86. The molecule has 0 saturated heterocycles. The lowest BCUT2D eigenvalue weighted by molar-refractivity contribution is 0.659. The van der Waals surface area contributed by atoms with Crippen molar-refractivity contribution in [3.8, 4) is 22.3 Å². The van der Waals surface area contributed by atoms with Crippen LogP contribution in [-0.2, 0) is 5.41 Å². The first kappa shape index (κ1) is 25.2. The Labute approximate surface area is 251 Å². The summed E-state index contributed by atoms with van der Waals surface area (Å²) in [7, 11) is 0. The third-order valence-electron chi connectivity index (χ3n) is 9.07. The van der Waals surface area contributed by atoms with Crippen LogP contribution in [0.1, 0.15) is 31.4 Å². The first-order valence-corrected chi connectivity index (χ1v) is 14.9. The second kappa shape index (κ2) is 9.51. The molecular weight excluding hydrogens is 534 g/mol. The molecule has 2 aliphatic rings. The Morgan fingerprint density at radius 3 is 2.26 bits per heavy atom. The fraction of sp³-hybridized carbons (Fsp3) is 0.128. The number of allylic oxidation sites excluding steroid dienone is 2. The summed E-state index contributed by atoms with van der Waals surface area (Å²) in [4.78, 5) is 2.45. The van der Waals surface area contributed by atoms with Gasteiger partial charge in [0.05, 0.1) is 6.04 Å². The van der Waals surface area contributed by atoms with Crippen LogP contribution in [0, 0.1) is 0 Å². The number of hydrogen-bond acceptors (Lipinski definition) is 2. The molecule has 0 amide bonds. The van der Waals surface area contributed by atoms with Crippen LogP contribution in [0.2, 0.25) is 0 Å². The second-order valence-corrected chi connectivity index (χ2v) is 12.3. The highest BCUT2D eigenvalue weighted by molar-refractivity contribution is 6.31. The maximum Gasteiger partial charge on any atom is 0.143 e. The third-order valence-corrected chi connectivity index (χ3v) is 9.35. The summed E-state index contributed by atoms with van der Waals surface area (Å²) in [5.74, 6) is 0. The van der Waals surface area contributed by atoms with E-state index < -0.39 is 0 Å². The van der Waals surface area contributed by atoms with Gasteiger partial charge in [0, 0.05) is 38.2 Å². The minimum absolute atomic E-state index is 0.0612. The molecule has 2 aliphatic carbocycles. The van der Waals surface area contributed by atoms with E-state index in [2.05, 4.69) is 128 Å². The minimum atomic E-state index is -0.0612. The molecule has 0 spiro atoms. The summed E-state index contributed by atoms with van der Waals surface area (Å²) in [5, 5.41) is 3.09. The predicted octanol–water partition coefficient (Wildman–Crippen LogP) is 11.1. The van der Waals surface area contributed by atoms with E-state index in [1.165, 1.54) is 27.9 Å². The van der Waals surface area contributed by atoms with Gasteiger partial charge < -0.3 is 9.32 Å². The predicted molar refractivity (Wildman–Crippen MR) is 177 cm³/mol. The highest BCUT2D eigenvalue weighted by Gasteiger charge is 2.36. The van der Waals surface area contributed by atoms with E-state index >= 15 is 0 Å². The van der Waals surface area contributed by atoms with E-state index in [-0.39, 0.29) is 11.5 Å². The van der Waals surface area contributed by atoms with Crippen molar-refractivity contribution in [2.24, 2.45) is 0 Å². The molecule has 0 saturated carbocycles. The number of nitrogens with zero attached hydrogens (tertiary/aromatic N) is 1. The average molecular weight is 564 g/mol. The van der Waals surface area contributed by atoms with Gasteiger partial charge in [-0.3, -0.25) is 0 Å². The van der Waals surface area contributed by atoms with Crippen LogP contribution in [0.3, 0.4) is 0 Å². The molecule has 204 valence electrons. The monoisotopic (exact) mass is 563 g/mol. The zero-order valence-corrected chi connectivity index (χ0v) is 24.4. The molecule has 0 bridgehead atoms. The molecule has 1 atom stereocenters. The maximum absolute atomic E-state index is 6.36. The molecule has 2 nitrogen and oxygen atoms in total. The lowest BCUT2D eigenvalue weighted by Gasteiger charge is -2.34. The normalized spacial score (nSPS) is 16.8. The second-order valence-electron chi connectivity index (χ2n) is 11.8. The quantitative estimate of drug-likeness (QED) is 0.212. The Balaban J connectivity index is 1.22. The number of halogens is 1. The summed E-state index contributed by atoms with van der Waals surface area (Å²) in [6.45, 7) is 4.67. The fourth-order valence-corrected chi connectivity index (χ4v) is 7.09. The van der Waals surface area contributed by atoms with Gasteiger partial charge >= 0.3 is 0 Å². The largest absolute Gasteiger partial charge is 0.455 e. The lowest BCUT2D eigenvalue weighted by atomic mass is 9.82. The van der Waals surface area contributed by atoms with E-state index in [9.17, 15) is 0 Å². The molecule has 1 unspecified atom stereocenters. The molecule has 1 aromatic heterocycles. The van der Waals surface area contributed by atoms with Crippen LogP contribution in [0.5, 0.6) is 0 Å². The Hall–Kier alpha value is -4.53. The number of fused-ring (bicyclic) bond motifs is 6. The topological polar surface area (TPSA) is 16.4 Å². The van der Waals surface area contributed by atoms with Crippen molar-refractivity contribution in [2.45, 2.75) is 31.7 Å². The van der Waals surface area contributed by atoms with Crippen LogP contribution in [0.25, 0.3) is 44.2 Å². The molecule has 0 aliphatic heterocycles. The van der Waals surface area contributed by atoms with Gasteiger partial charge in [0.15, 0.2) is 0 Å². The molecule has 0 N–H and O–H groups in total. The van der Waals surface area contributed by atoms with Gasteiger partial charge in [0.2, 0.25) is 0 Å². The highest BCUT2D eigenvalue weighted by atomic mass is 35.5. The molecule has 3 heteroatoms. The van der Waals surface area contributed by atoms with Crippen molar-refractivity contribution in [1.82, 2.24) is 0 Å². The fourth-order valence-electron chi connectivity index (χ4n) is 6.92. The Kier molecular flexibility index (Phi) is 5.70. The van der Waals surface area contributed by atoms with Gasteiger partial charge in [-0.2, -0.15) is 0 Å². The van der Waals surface area contributed by atoms with Crippen molar-refractivity contribution in [3.05, 3.63) is 144 Å². The Morgan fingerprint density at radius 2 is 1.43 bits per heavy atom. The van der Waals surface area contributed by atoms with Gasteiger partial charge in [-0.25, -0.2) is 0 Å². The van der Waals surface area contributed by atoms with E-state index in [1.807, 2.05) is 18.2 Å². The standard InChI is InChI=1S/C39H30ClNO/c1-39(2)35-12-5-3-8-31(35)32-23-22-29(24-36(32)39)41(28-20-16-26(40)17-21-28)27-18-14-25(15-19-27)30-10-7-11-34-33-9-4-6-13-37(33)42-38(30)34/h3-20,22-24,28H,21H2,1-2H3. The van der Waals surface area contributed by atoms with E-state index in [1.54, 1.807) is 0 Å².